The summed E-state index contributed by atoms with van der Waals surface area (Å²) in [5.41, 5.74) is 6.18. The van der Waals surface area contributed by atoms with Crippen LogP contribution >= 0.6 is 11.3 Å². The zero-order valence-corrected chi connectivity index (χ0v) is 18.5. The van der Waals surface area contributed by atoms with Crippen LogP contribution in [0, 0.1) is 11.8 Å². The molecule has 1 saturated carbocycles. The van der Waals surface area contributed by atoms with Gasteiger partial charge in [0.15, 0.2) is 16.9 Å². The minimum absolute atomic E-state index is 0.0539. The number of hydrogen-bond acceptors (Lipinski definition) is 8. The second kappa shape index (κ2) is 10.0. The normalized spacial score (nSPS) is 25.3. The van der Waals surface area contributed by atoms with Crippen molar-refractivity contribution in [3.8, 4) is 0 Å². The number of alkyl halides is 2. The third kappa shape index (κ3) is 5.79. The number of amides is 1. The lowest BCUT2D eigenvalue weighted by Gasteiger charge is -2.39. The van der Waals surface area contributed by atoms with Gasteiger partial charge < -0.3 is 26.0 Å². The lowest BCUT2D eigenvalue weighted by Crippen LogP contribution is -2.53. The van der Waals surface area contributed by atoms with Crippen molar-refractivity contribution in [3.05, 3.63) is 16.9 Å². The third-order valence-electron chi connectivity index (χ3n) is 5.95. The van der Waals surface area contributed by atoms with Crippen LogP contribution < -0.4 is 16.4 Å². The lowest BCUT2D eigenvalue weighted by molar-refractivity contribution is -0.118. The zero-order valence-electron chi connectivity index (χ0n) is 17.7. The number of aromatic nitrogens is 1. The number of nitrogens with zero attached hydrogens (tertiary/aromatic N) is 2. The molecule has 2 heterocycles. The largest absolute Gasteiger partial charge is 0.382 e. The van der Waals surface area contributed by atoms with Crippen molar-refractivity contribution in [1.29, 1.82) is 0 Å². The zero-order chi connectivity index (χ0) is 22.6. The van der Waals surface area contributed by atoms with Crippen molar-refractivity contribution in [2.24, 2.45) is 17.6 Å². The highest BCUT2D eigenvalue weighted by atomic mass is 32.1. The molecule has 11 heteroatoms. The van der Waals surface area contributed by atoms with E-state index in [1.807, 2.05) is 0 Å². The summed E-state index contributed by atoms with van der Waals surface area (Å²) in [7, 11) is 1.45. The van der Waals surface area contributed by atoms with Crippen molar-refractivity contribution in [3.63, 3.8) is 0 Å². The summed E-state index contributed by atoms with van der Waals surface area (Å²) in [4.78, 5) is 29.9. The minimum Gasteiger partial charge on any atom is -0.382 e. The lowest BCUT2D eigenvalue weighted by atomic mass is 9.79. The average molecular weight is 458 g/mol. The summed E-state index contributed by atoms with van der Waals surface area (Å²) in [5, 5.41) is 5.50. The van der Waals surface area contributed by atoms with Crippen LogP contribution in [0.3, 0.4) is 0 Å². The Morgan fingerprint density at radius 2 is 2.19 bits per heavy atom. The Labute approximate surface area is 184 Å². The molecule has 1 amide bonds. The molecule has 1 saturated heterocycles. The maximum absolute atomic E-state index is 14.0. The second-order valence-electron chi connectivity index (χ2n) is 8.36. The van der Waals surface area contributed by atoms with Crippen LogP contribution in [0.15, 0.2) is 12.0 Å². The number of hydrogen-bond donors (Lipinski definition) is 3. The number of anilines is 1. The molecule has 2 atom stereocenters. The molecular formula is C20H29F2N5O3S. The standard InChI is InChI=1S/C20H29F2N5O3S/c1-12-3-5-13(6-4-12)17(23)18(29)26-19-24-7-15(31-19)14(9-30-2)27-11-20(21,22)10-25-16(27)8-28/h7,12-14,17,25H,3-6,9-11,23H2,1-2H3,(H,24,26,29)/t12?,13?,14?,17-/m0/s1. The molecule has 1 aromatic heterocycles. The van der Waals surface area contributed by atoms with E-state index in [0.717, 1.165) is 37.0 Å². The highest BCUT2D eigenvalue weighted by molar-refractivity contribution is 7.15. The van der Waals surface area contributed by atoms with Gasteiger partial charge in [0.1, 0.15) is 0 Å². The van der Waals surface area contributed by atoms with Crippen LogP contribution in [0.1, 0.15) is 43.5 Å². The van der Waals surface area contributed by atoms with Gasteiger partial charge in [-0.25, -0.2) is 18.6 Å². The predicted molar refractivity (Wildman–Crippen MR) is 113 cm³/mol. The molecule has 2 fully saturated rings. The minimum atomic E-state index is -3.02. The Morgan fingerprint density at radius 1 is 1.48 bits per heavy atom. The van der Waals surface area contributed by atoms with Gasteiger partial charge in [-0.3, -0.25) is 4.79 Å². The van der Waals surface area contributed by atoms with Gasteiger partial charge in [-0.15, -0.1) is 0 Å². The van der Waals surface area contributed by atoms with Gasteiger partial charge in [0.2, 0.25) is 5.91 Å². The fourth-order valence-corrected chi connectivity index (χ4v) is 5.01. The molecule has 0 bridgehead atoms. The SMILES string of the molecule is COCC(c1cnc(NC(=O)[C@@H](N)C2CCC(C)CC2)s1)N1CC(F)(F)CNC1=C=O. The highest BCUT2D eigenvalue weighted by Gasteiger charge is 2.41. The van der Waals surface area contributed by atoms with Crippen molar-refractivity contribution in [1.82, 2.24) is 15.2 Å². The highest BCUT2D eigenvalue weighted by Crippen LogP contribution is 2.35. The summed E-state index contributed by atoms with van der Waals surface area (Å²) in [6.07, 6.45) is 5.46. The molecule has 0 radical (unpaired) electrons. The van der Waals surface area contributed by atoms with Crippen LogP contribution in [-0.4, -0.2) is 60.5 Å². The van der Waals surface area contributed by atoms with Gasteiger partial charge >= 0.3 is 0 Å². The molecule has 2 aliphatic rings. The van der Waals surface area contributed by atoms with Crippen molar-refractivity contribution in [2.75, 3.05) is 32.1 Å². The van der Waals surface area contributed by atoms with E-state index >= 15 is 0 Å². The number of carbonyl (C=O) groups excluding carboxylic acids is 2. The van der Waals surface area contributed by atoms with E-state index in [1.54, 1.807) is 5.94 Å². The molecule has 31 heavy (non-hydrogen) atoms. The number of ether oxygens (including phenoxy) is 1. The molecule has 8 nitrogen and oxygen atoms in total. The van der Waals surface area contributed by atoms with Crippen LogP contribution in [0.4, 0.5) is 13.9 Å². The number of nitrogens with one attached hydrogen (secondary N) is 2. The summed E-state index contributed by atoms with van der Waals surface area (Å²) in [5.74, 6) is -0.891. The van der Waals surface area contributed by atoms with Crippen molar-refractivity contribution >= 4 is 28.3 Å². The Morgan fingerprint density at radius 3 is 2.84 bits per heavy atom. The molecule has 0 aromatic carbocycles. The summed E-state index contributed by atoms with van der Waals surface area (Å²) < 4.78 is 33.2. The molecule has 1 aliphatic heterocycles. The molecule has 1 aliphatic carbocycles. The molecule has 0 spiro atoms. The van der Waals surface area contributed by atoms with Crippen LogP contribution in [0.5, 0.6) is 0 Å². The number of halogens is 2. The summed E-state index contributed by atoms with van der Waals surface area (Å²) >= 11 is 1.14. The molecule has 172 valence electrons. The van der Waals surface area contributed by atoms with Gasteiger partial charge in [0.05, 0.1) is 36.7 Å². The first kappa shape index (κ1) is 23.6. The van der Waals surface area contributed by atoms with E-state index < -0.39 is 31.1 Å². The van der Waals surface area contributed by atoms with E-state index in [1.165, 1.54) is 18.2 Å². The quantitative estimate of drug-likeness (QED) is 0.538. The summed E-state index contributed by atoms with van der Waals surface area (Å²) in [6.45, 7) is 0.978. The number of rotatable bonds is 7. The van der Waals surface area contributed by atoms with Crippen LogP contribution in [0.25, 0.3) is 0 Å². The van der Waals surface area contributed by atoms with Gasteiger partial charge in [0.25, 0.3) is 5.92 Å². The Balaban J connectivity index is 1.71. The molecule has 3 rings (SSSR count). The van der Waals surface area contributed by atoms with Gasteiger partial charge in [-0.05, 0) is 24.7 Å². The first-order valence-electron chi connectivity index (χ1n) is 10.4. The van der Waals surface area contributed by atoms with E-state index in [0.29, 0.717) is 15.9 Å². The monoisotopic (exact) mass is 457 g/mol. The van der Waals surface area contributed by atoms with Gasteiger partial charge in [-0.1, -0.05) is 31.1 Å². The number of thiazole rings is 1. The average Bonchev–Trinajstić information content (AvgIpc) is 3.19. The van der Waals surface area contributed by atoms with E-state index in [2.05, 4.69) is 22.5 Å². The fraction of sp³-hybridized carbons (Fsp3) is 0.700. The van der Waals surface area contributed by atoms with E-state index in [9.17, 15) is 18.4 Å². The van der Waals surface area contributed by atoms with Gasteiger partial charge in [0, 0.05) is 13.3 Å². The van der Waals surface area contributed by atoms with Crippen molar-refractivity contribution < 1.29 is 23.1 Å². The Kier molecular flexibility index (Phi) is 7.64. The van der Waals surface area contributed by atoms with Crippen molar-refractivity contribution in [2.45, 2.75) is 50.6 Å². The molecule has 1 aromatic rings. The predicted octanol–water partition coefficient (Wildman–Crippen LogP) is 2.14. The first-order chi connectivity index (χ1) is 14.7. The van der Waals surface area contributed by atoms with Gasteiger partial charge in [-0.2, -0.15) is 0 Å². The fourth-order valence-electron chi connectivity index (χ4n) is 4.09. The maximum Gasteiger partial charge on any atom is 0.282 e. The molecule has 1 unspecified atom stereocenters. The maximum atomic E-state index is 14.0. The Hall–Kier alpha value is -2.07. The molecule has 4 N–H and O–H groups in total. The summed E-state index contributed by atoms with van der Waals surface area (Å²) in [6, 6.07) is -1.30. The number of methoxy groups -OCH3 is 1. The third-order valence-corrected chi connectivity index (χ3v) is 6.97. The molecular weight excluding hydrogens is 428 g/mol. The second-order valence-corrected chi connectivity index (χ2v) is 9.42. The number of nitrogens with two attached hydrogens (primary N) is 1. The Bertz CT molecular complexity index is 821. The van der Waals surface area contributed by atoms with Crippen LogP contribution in [0.2, 0.25) is 0 Å². The van der Waals surface area contributed by atoms with Crippen LogP contribution in [-0.2, 0) is 14.3 Å². The smallest absolute Gasteiger partial charge is 0.282 e. The first-order valence-corrected chi connectivity index (χ1v) is 11.2. The van der Waals surface area contributed by atoms with E-state index in [-0.39, 0.29) is 24.3 Å². The van der Waals surface area contributed by atoms with E-state index in [4.69, 9.17) is 10.5 Å². The topological polar surface area (TPSA) is 110 Å². The number of carbonyl (C=O) groups is 1.